The summed E-state index contributed by atoms with van der Waals surface area (Å²) in [6.45, 7) is -0.0246. The molecular formula is C33H35F3N4O7S2. The van der Waals surface area contributed by atoms with Gasteiger partial charge in [-0.3, -0.25) is 4.79 Å². The van der Waals surface area contributed by atoms with Gasteiger partial charge < -0.3 is 34.8 Å². The number of benzene rings is 2. The Kier molecular flexibility index (Phi) is 10.8. The predicted molar refractivity (Wildman–Crippen MR) is 175 cm³/mol. The Hall–Kier alpha value is -3.35. The number of amides is 1. The summed E-state index contributed by atoms with van der Waals surface area (Å²) >= 11 is 2.36. The number of aromatic nitrogens is 3. The molecule has 4 aromatic rings. The molecule has 49 heavy (non-hydrogen) atoms. The van der Waals surface area contributed by atoms with E-state index < -0.39 is 70.6 Å². The summed E-state index contributed by atoms with van der Waals surface area (Å²) in [6.07, 6.45) is -2.89. The van der Waals surface area contributed by atoms with Gasteiger partial charge in [-0.15, -0.1) is 28.2 Å². The van der Waals surface area contributed by atoms with Crippen molar-refractivity contribution in [2.75, 3.05) is 26.9 Å². The number of aliphatic hydroxyl groups is 4. The van der Waals surface area contributed by atoms with Crippen molar-refractivity contribution < 1.29 is 47.9 Å². The molecule has 2 aromatic heterocycles. The van der Waals surface area contributed by atoms with Crippen LogP contribution in [0.3, 0.4) is 0 Å². The van der Waals surface area contributed by atoms with Gasteiger partial charge in [0.05, 0.1) is 24.9 Å². The fourth-order valence-corrected chi connectivity index (χ4v) is 8.65. The molecule has 4 N–H and O–H groups in total. The van der Waals surface area contributed by atoms with E-state index in [0.717, 1.165) is 44.6 Å². The van der Waals surface area contributed by atoms with Gasteiger partial charge in [0, 0.05) is 43.5 Å². The molecule has 0 aliphatic carbocycles. The molecule has 2 saturated heterocycles. The van der Waals surface area contributed by atoms with Gasteiger partial charge >= 0.3 is 0 Å². The van der Waals surface area contributed by atoms with E-state index in [1.807, 2.05) is 41.8 Å². The molecular weight excluding hydrogens is 686 g/mol. The summed E-state index contributed by atoms with van der Waals surface area (Å²) in [7, 11) is 1.63. The minimum atomic E-state index is -1.65. The molecule has 0 saturated carbocycles. The maximum atomic E-state index is 14.3. The highest BCUT2D eigenvalue weighted by atomic mass is 32.2. The van der Waals surface area contributed by atoms with Crippen LogP contribution in [-0.4, -0.2) is 108 Å². The standard InChI is InChI=1S/C33H35F3N4O7S2/c1-39(16-25-20(7-12-48-25)18-5-3-2-4-6-18)31(44)30(33(45)8-10-46-11-9-33)49-32-29(43)27(28(42)24(17-41)47-32)40-15-23(37-38-40)19-13-21(34)26(36)22(35)14-19/h2-7,12-15,24,27-30,32,41-43,45H,8-11,16-17H2,1H3/t24-,27+,28+,29-,30?,32+/m1/s1. The Morgan fingerprint density at radius 1 is 1.10 bits per heavy atom. The lowest BCUT2D eigenvalue weighted by Crippen LogP contribution is -2.58. The second kappa shape index (κ2) is 14.9. The Labute approximate surface area is 287 Å². The number of carbonyl (C=O) groups excluding carboxylic acids is 1. The molecule has 0 spiro atoms. The molecule has 16 heteroatoms. The predicted octanol–water partition coefficient (Wildman–Crippen LogP) is 3.37. The van der Waals surface area contributed by atoms with E-state index in [-0.39, 0.29) is 43.9 Å². The van der Waals surface area contributed by atoms with Gasteiger partial charge in [-0.25, -0.2) is 17.9 Å². The molecule has 1 amide bonds. The summed E-state index contributed by atoms with van der Waals surface area (Å²) in [6, 6.07) is 11.9. The SMILES string of the molecule is CN(Cc1sccc1-c1ccccc1)C(=O)C(S[C@@H]1O[C@H](CO)[C@H](O)[C@H](n2cc(-c3cc(F)c(F)c(F)c3)nn2)[C@H]1O)C1(O)CCOCC1. The first-order valence-electron chi connectivity index (χ1n) is 15.5. The molecule has 2 fully saturated rings. The number of thiophene rings is 1. The van der Waals surface area contributed by atoms with Gasteiger partial charge in [0.15, 0.2) is 17.5 Å². The molecule has 0 radical (unpaired) electrons. The van der Waals surface area contributed by atoms with Crippen LogP contribution in [0.1, 0.15) is 23.8 Å². The first-order chi connectivity index (χ1) is 23.5. The maximum absolute atomic E-state index is 14.3. The van der Waals surface area contributed by atoms with Crippen LogP contribution < -0.4 is 0 Å². The van der Waals surface area contributed by atoms with Crippen LogP contribution in [0.25, 0.3) is 22.4 Å². The number of nitrogens with zero attached hydrogens (tertiary/aromatic N) is 4. The van der Waals surface area contributed by atoms with E-state index in [2.05, 4.69) is 10.3 Å². The first kappa shape index (κ1) is 35.5. The highest BCUT2D eigenvalue weighted by molar-refractivity contribution is 8.01. The van der Waals surface area contributed by atoms with Crippen molar-refractivity contribution in [2.24, 2.45) is 0 Å². The zero-order valence-corrected chi connectivity index (χ0v) is 27.9. The van der Waals surface area contributed by atoms with E-state index in [1.54, 1.807) is 7.05 Å². The number of hydrogen-bond donors (Lipinski definition) is 4. The zero-order valence-electron chi connectivity index (χ0n) is 26.2. The molecule has 2 aromatic carbocycles. The van der Waals surface area contributed by atoms with Crippen LogP contribution in [0, 0.1) is 17.5 Å². The smallest absolute Gasteiger partial charge is 0.238 e. The van der Waals surface area contributed by atoms with E-state index in [0.29, 0.717) is 0 Å². The Morgan fingerprint density at radius 3 is 2.47 bits per heavy atom. The van der Waals surface area contributed by atoms with Crippen molar-refractivity contribution >= 4 is 29.0 Å². The average molecular weight is 721 g/mol. The summed E-state index contributed by atoms with van der Waals surface area (Å²) in [5.41, 5.74) is -1.06. The lowest BCUT2D eigenvalue weighted by molar-refractivity contribution is -0.179. The van der Waals surface area contributed by atoms with Crippen molar-refractivity contribution in [1.29, 1.82) is 0 Å². The quantitative estimate of drug-likeness (QED) is 0.180. The van der Waals surface area contributed by atoms with Crippen molar-refractivity contribution in [3.63, 3.8) is 0 Å². The van der Waals surface area contributed by atoms with Crippen LogP contribution in [-0.2, 0) is 20.8 Å². The number of ether oxygens (including phenoxy) is 2. The van der Waals surface area contributed by atoms with Crippen LogP contribution in [0.15, 0.2) is 60.1 Å². The monoisotopic (exact) mass is 720 g/mol. The number of carbonyl (C=O) groups is 1. The van der Waals surface area contributed by atoms with E-state index in [1.165, 1.54) is 22.4 Å². The number of rotatable bonds is 10. The number of thioether (sulfide) groups is 1. The van der Waals surface area contributed by atoms with Crippen LogP contribution in [0.5, 0.6) is 0 Å². The maximum Gasteiger partial charge on any atom is 0.238 e. The topological polar surface area (TPSA) is 150 Å². The lowest BCUT2D eigenvalue weighted by Gasteiger charge is -2.45. The van der Waals surface area contributed by atoms with Crippen LogP contribution in [0.2, 0.25) is 0 Å². The number of halogens is 3. The first-order valence-corrected chi connectivity index (χ1v) is 17.3. The van der Waals surface area contributed by atoms with Crippen molar-refractivity contribution in [2.45, 2.75) is 60.0 Å². The van der Waals surface area contributed by atoms with Gasteiger partial charge in [-0.05, 0) is 34.7 Å². The second-order valence-electron chi connectivity index (χ2n) is 12.1. The van der Waals surface area contributed by atoms with Crippen molar-refractivity contribution in [3.05, 3.63) is 82.4 Å². The largest absolute Gasteiger partial charge is 0.394 e. The van der Waals surface area contributed by atoms with Gasteiger partial charge in [0.1, 0.15) is 40.7 Å². The zero-order chi connectivity index (χ0) is 34.9. The number of aliphatic hydroxyl groups excluding tert-OH is 3. The number of hydrogen-bond acceptors (Lipinski definition) is 11. The summed E-state index contributed by atoms with van der Waals surface area (Å²) in [5, 5.41) is 53.3. The molecule has 4 heterocycles. The van der Waals surface area contributed by atoms with Gasteiger partial charge in [-0.2, -0.15) is 0 Å². The van der Waals surface area contributed by atoms with Crippen molar-refractivity contribution in [1.82, 2.24) is 19.9 Å². The Bertz CT molecular complexity index is 1730. The molecule has 6 atom stereocenters. The summed E-state index contributed by atoms with van der Waals surface area (Å²) in [5.74, 6) is -4.95. The Balaban J connectivity index is 1.27. The molecule has 6 rings (SSSR count). The highest BCUT2D eigenvalue weighted by Gasteiger charge is 2.51. The van der Waals surface area contributed by atoms with Crippen molar-refractivity contribution in [3.8, 4) is 22.4 Å². The fraction of sp³-hybridized carbons (Fsp3) is 0.424. The lowest BCUT2D eigenvalue weighted by atomic mass is 9.89. The Morgan fingerprint density at radius 2 is 1.80 bits per heavy atom. The third-order valence-corrected chi connectivity index (χ3v) is 11.3. The average Bonchev–Trinajstić information content (AvgIpc) is 3.77. The highest BCUT2D eigenvalue weighted by Crippen LogP contribution is 2.42. The minimum Gasteiger partial charge on any atom is -0.394 e. The molecule has 0 bridgehead atoms. The summed E-state index contributed by atoms with van der Waals surface area (Å²) < 4.78 is 53.9. The molecule has 1 unspecified atom stereocenters. The molecule has 2 aliphatic heterocycles. The van der Waals surface area contributed by atoms with E-state index >= 15 is 0 Å². The van der Waals surface area contributed by atoms with Crippen LogP contribution in [0.4, 0.5) is 13.2 Å². The van der Waals surface area contributed by atoms with E-state index in [9.17, 15) is 38.4 Å². The van der Waals surface area contributed by atoms with Gasteiger partial charge in [0.25, 0.3) is 0 Å². The molecule has 11 nitrogen and oxygen atoms in total. The fourth-order valence-electron chi connectivity index (χ4n) is 6.12. The van der Waals surface area contributed by atoms with Crippen LogP contribution >= 0.6 is 23.1 Å². The third-order valence-electron chi connectivity index (χ3n) is 8.87. The summed E-state index contributed by atoms with van der Waals surface area (Å²) in [4.78, 5) is 16.7. The molecule has 262 valence electrons. The molecule has 2 aliphatic rings. The minimum absolute atomic E-state index is 0.0805. The normalized spacial score (nSPS) is 24.4. The van der Waals surface area contributed by atoms with E-state index in [4.69, 9.17) is 9.47 Å². The third kappa shape index (κ3) is 7.28. The van der Waals surface area contributed by atoms with Gasteiger partial charge in [-0.1, -0.05) is 35.5 Å². The second-order valence-corrected chi connectivity index (χ2v) is 14.3. The van der Waals surface area contributed by atoms with Gasteiger partial charge in [0.2, 0.25) is 5.91 Å².